The van der Waals surface area contributed by atoms with Crippen molar-refractivity contribution >= 4 is 11.8 Å². The van der Waals surface area contributed by atoms with Gasteiger partial charge in [-0.25, -0.2) is 9.37 Å². The van der Waals surface area contributed by atoms with Crippen molar-refractivity contribution in [1.82, 2.24) is 20.5 Å². The van der Waals surface area contributed by atoms with Crippen molar-refractivity contribution < 1.29 is 4.39 Å². The smallest absolute Gasteiger partial charge is 0.188 e. The highest BCUT2D eigenvalue weighted by Gasteiger charge is 2.13. The molecule has 2 N–H and O–H groups in total. The van der Waals surface area contributed by atoms with Gasteiger partial charge in [-0.05, 0) is 37.2 Å². The molecule has 0 spiro atoms. The number of aromatic nitrogens is 3. The predicted octanol–water partition coefficient (Wildman–Crippen LogP) is 2.77. The highest BCUT2D eigenvalue weighted by Crippen LogP contribution is 2.31. The first kappa shape index (κ1) is 13.0. The Morgan fingerprint density at radius 3 is 3.00 bits per heavy atom. The highest BCUT2D eigenvalue weighted by molar-refractivity contribution is 7.99. The van der Waals surface area contributed by atoms with E-state index in [1.165, 1.54) is 24.2 Å². The fourth-order valence-electron chi connectivity index (χ4n) is 1.71. The summed E-state index contributed by atoms with van der Waals surface area (Å²) in [6, 6.07) is 4.88. The van der Waals surface area contributed by atoms with Gasteiger partial charge >= 0.3 is 0 Å². The Balaban J connectivity index is 2.28. The minimum atomic E-state index is -0.225. The first-order valence-corrected chi connectivity index (χ1v) is 6.58. The molecular weight excluding hydrogens is 251 g/mol. The van der Waals surface area contributed by atoms with Gasteiger partial charge in [-0.15, -0.1) is 0 Å². The molecule has 0 saturated heterocycles. The number of nitrogens with zero attached hydrogens (tertiary/aromatic N) is 2. The van der Waals surface area contributed by atoms with E-state index in [0.29, 0.717) is 5.16 Å². The van der Waals surface area contributed by atoms with Crippen LogP contribution in [-0.2, 0) is 0 Å². The summed E-state index contributed by atoms with van der Waals surface area (Å²) in [6.07, 6.45) is 1.46. The Morgan fingerprint density at radius 2 is 2.33 bits per heavy atom. The van der Waals surface area contributed by atoms with E-state index in [9.17, 15) is 4.39 Å². The topological polar surface area (TPSA) is 53.6 Å². The SMILES string of the molecule is CCNC(C)c1cc(F)ccc1Sc1ncn[nH]1. The summed E-state index contributed by atoms with van der Waals surface area (Å²) >= 11 is 1.45. The predicted molar refractivity (Wildman–Crippen MR) is 69.0 cm³/mol. The Bertz CT molecular complexity index is 501. The lowest BCUT2D eigenvalue weighted by Gasteiger charge is -2.16. The van der Waals surface area contributed by atoms with E-state index in [1.807, 2.05) is 13.8 Å². The van der Waals surface area contributed by atoms with E-state index in [0.717, 1.165) is 17.0 Å². The maximum absolute atomic E-state index is 13.4. The molecule has 1 atom stereocenters. The molecule has 18 heavy (non-hydrogen) atoms. The van der Waals surface area contributed by atoms with Gasteiger partial charge in [0.05, 0.1) is 0 Å². The first-order chi connectivity index (χ1) is 8.70. The van der Waals surface area contributed by atoms with Crippen molar-refractivity contribution in [1.29, 1.82) is 0 Å². The molecule has 0 bridgehead atoms. The molecule has 0 radical (unpaired) electrons. The monoisotopic (exact) mass is 266 g/mol. The zero-order chi connectivity index (χ0) is 13.0. The summed E-state index contributed by atoms with van der Waals surface area (Å²) in [6.45, 7) is 4.88. The van der Waals surface area contributed by atoms with Crippen LogP contribution in [0.1, 0.15) is 25.5 Å². The van der Waals surface area contributed by atoms with Gasteiger partial charge in [0.1, 0.15) is 12.1 Å². The quantitative estimate of drug-likeness (QED) is 0.873. The first-order valence-electron chi connectivity index (χ1n) is 5.76. The van der Waals surface area contributed by atoms with Crippen molar-refractivity contribution in [3.63, 3.8) is 0 Å². The van der Waals surface area contributed by atoms with Crippen LogP contribution in [0, 0.1) is 5.82 Å². The summed E-state index contributed by atoms with van der Waals surface area (Å²) in [5, 5.41) is 10.6. The molecule has 2 aromatic rings. The van der Waals surface area contributed by atoms with Gasteiger partial charge in [0, 0.05) is 10.9 Å². The highest BCUT2D eigenvalue weighted by atomic mass is 32.2. The molecule has 1 heterocycles. The molecule has 96 valence electrons. The van der Waals surface area contributed by atoms with Crippen molar-refractivity contribution in [2.45, 2.75) is 29.9 Å². The van der Waals surface area contributed by atoms with Crippen LogP contribution >= 0.6 is 11.8 Å². The number of halogens is 1. The molecule has 6 heteroatoms. The van der Waals surface area contributed by atoms with Gasteiger partial charge in [0.25, 0.3) is 0 Å². The Labute approximate surface area is 109 Å². The number of benzene rings is 1. The molecule has 1 aromatic carbocycles. The number of nitrogens with one attached hydrogen (secondary N) is 2. The second-order valence-electron chi connectivity index (χ2n) is 3.85. The third kappa shape index (κ3) is 3.08. The molecular formula is C12H15FN4S. The fraction of sp³-hybridized carbons (Fsp3) is 0.333. The van der Waals surface area contributed by atoms with Crippen LogP contribution < -0.4 is 5.32 Å². The molecule has 2 rings (SSSR count). The van der Waals surface area contributed by atoms with E-state index < -0.39 is 0 Å². The van der Waals surface area contributed by atoms with Crippen LogP contribution in [0.4, 0.5) is 4.39 Å². The van der Waals surface area contributed by atoms with Crippen LogP contribution in [0.5, 0.6) is 0 Å². The Morgan fingerprint density at radius 1 is 1.50 bits per heavy atom. The van der Waals surface area contributed by atoms with Gasteiger partial charge in [-0.3, -0.25) is 5.10 Å². The number of aromatic amines is 1. The number of hydrogen-bond donors (Lipinski definition) is 2. The third-order valence-corrected chi connectivity index (χ3v) is 3.53. The zero-order valence-electron chi connectivity index (χ0n) is 10.3. The Kier molecular flexibility index (Phi) is 4.33. The zero-order valence-corrected chi connectivity index (χ0v) is 11.1. The summed E-state index contributed by atoms with van der Waals surface area (Å²) in [5.41, 5.74) is 0.929. The van der Waals surface area contributed by atoms with Gasteiger partial charge in [-0.2, -0.15) is 5.10 Å². The molecule has 1 aromatic heterocycles. The summed E-state index contributed by atoms with van der Waals surface area (Å²) < 4.78 is 13.4. The van der Waals surface area contributed by atoms with Crippen molar-refractivity contribution in [3.8, 4) is 0 Å². The molecule has 0 aliphatic heterocycles. The van der Waals surface area contributed by atoms with Gasteiger partial charge in [-0.1, -0.05) is 18.7 Å². The number of rotatable bonds is 5. The van der Waals surface area contributed by atoms with Crippen LogP contribution in [0.25, 0.3) is 0 Å². The molecule has 0 aliphatic rings. The standard InChI is InChI=1S/C12H15FN4S/c1-3-14-8(2)10-6-9(13)4-5-11(10)18-12-15-7-16-17-12/h4-8,14H,3H2,1-2H3,(H,15,16,17). The fourth-order valence-corrected chi connectivity index (χ4v) is 2.61. The average molecular weight is 266 g/mol. The summed E-state index contributed by atoms with van der Waals surface area (Å²) in [7, 11) is 0. The minimum Gasteiger partial charge on any atom is -0.310 e. The van der Waals surface area contributed by atoms with E-state index in [4.69, 9.17) is 0 Å². The Hall–Kier alpha value is -1.40. The minimum absolute atomic E-state index is 0.0936. The molecule has 0 aliphatic carbocycles. The second kappa shape index (κ2) is 5.97. The molecule has 0 saturated carbocycles. The lowest BCUT2D eigenvalue weighted by Crippen LogP contribution is -2.18. The molecule has 0 fully saturated rings. The summed E-state index contributed by atoms with van der Waals surface area (Å²) in [4.78, 5) is 5.04. The van der Waals surface area contributed by atoms with Crippen molar-refractivity contribution in [3.05, 3.63) is 35.9 Å². The van der Waals surface area contributed by atoms with E-state index in [1.54, 1.807) is 12.1 Å². The lowest BCUT2D eigenvalue weighted by molar-refractivity contribution is 0.574. The maximum Gasteiger partial charge on any atom is 0.188 e. The second-order valence-corrected chi connectivity index (χ2v) is 4.88. The average Bonchev–Trinajstić information content (AvgIpc) is 2.84. The molecule has 4 nitrogen and oxygen atoms in total. The third-order valence-electron chi connectivity index (χ3n) is 2.55. The van der Waals surface area contributed by atoms with Gasteiger partial charge in [0.15, 0.2) is 5.16 Å². The van der Waals surface area contributed by atoms with E-state index in [-0.39, 0.29) is 11.9 Å². The lowest BCUT2D eigenvalue weighted by atomic mass is 10.1. The van der Waals surface area contributed by atoms with Crippen LogP contribution in [0.2, 0.25) is 0 Å². The van der Waals surface area contributed by atoms with Crippen molar-refractivity contribution in [2.75, 3.05) is 6.54 Å². The van der Waals surface area contributed by atoms with Gasteiger partial charge in [0.2, 0.25) is 0 Å². The van der Waals surface area contributed by atoms with Crippen molar-refractivity contribution in [2.24, 2.45) is 0 Å². The molecule has 1 unspecified atom stereocenters. The van der Waals surface area contributed by atoms with Gasteiger partial charge < -0.3 is 5.32 Å². The van der Waals surface area contributed by atoms with E-state index in [2.05, 4.69) is 20.5 Å². The molecule has 0 amide bonds. The summed E-state index contributed by atoms with van der Waals surface area (Å²) in [5.74, 6) is -0.225. The van der Waals surface area contributed by atoms with Crippen LogP contribution in [0.15, 0.2) is 34.6 Å². The maximum atomic E-state index is 13.4. The number of hydrogen-bond acceptors (Lipinski definition) is 4. The largest absolute Gasteiger partial charge is 0.310 e. The normalized spacial score (nSPS) is 12.6. The number of H-pyrrole nitrogens is 1. The van der Waals surface area contributed by atoms with Crippen LogP contribution in [-0.4, -0.2) is 21.7 Å². The van der Waals surface area contributed by atoms with E-state index >= 15 is 0 Å². The van der Waals surface area contributed by atoms with Crippen LogP contribution in [0.3, 0.4) is 0 Å².